The van der Waals surface area contributed by atoms with Gasteiger partial charge in [-0.2, -0.15) is 0 Å². The van der Waals surface area contributed by atoms with Gasteiger partial charge in [0.15, 0.2) is 0 Å². The van der Waals surface area contributed by atoms with Gasteiger partial charge >= 0.3 is 0 Å². The summed E-state index contributed by atoms with van der Waals surface area (Å²) >= 11 is 0. The molecule has 1 nitrogen and oxygen atoms in total. The van der Waals surface area contributed by atoms with Crippen molar-refractivity contribution >= 4 is 6.08 Å². The molecule has 0 fully saturated rings. The molecule has 114 valence electrons. The molecule has 1 N–H and O–H groups in total. The molecule has 1 aliphatic heterocycles. The Morgan fingerprint density at radius 2 is 1.57 bits per heavy atom. The van der Waals surface area contributed by atoms with Crippen molar-refractivity contribution < 1.29 is 4.90 Å². The van der Waals surface area contributed by atoms with E-state index in [1.807, 2.05) is 30.3 Å². The Morgan fingerprint density at radius 1 is 0.870 bits per heavy atom. The lowest BCUT2D eigenvalue weighted by molar-refractivity contribution is -0.874. The summed E-state index contributed by atoms with van der Waals surface area (Å²) in [4.78, 5) is 1.59. The Hall–Kier alpha value is -2.56. The molecule has 1 aliphatic rings. The van der Waals surface area contributed by atoms with Crippen molar-refractivity contribution in [1.82, 2.24) is 0 Å². The average Bonchev–Trinajstić information content (AvgIpc) is 2.61. The molecule has 0 amide bonds. The molecule has 0 spiro atoms. The van der Waals surface area contributed by atoms with Crippen LogP contribution in [0, 0.1) is 11.8 Å². The van der Waals surface area contributed by atoms with Crippen molar-refractivity contribution in [2.45, 2.75) is 6.42 Å². The molecular formula is C22H22N+. The number of allylic oxidation sites excluding steroid dienone is 1. The number of hydrogen-bond donors (Lipinski definition) is 1. The molecule has 0 saturated heterocycles. The lowest BCUT2D eigenvalue weighted by atomic mass is 10.1. The molecule has 0 aliphatic carbocycles. The van der Waals surface area contributed by atoms with E-state index in [9.17, 15) is 0 Å². The van der Waals surface area contributed by atoms with Crippen molar-refractivity contribution in [3.63, 3.8) is 0 Å². The molecule has 0 radical (unpaired) electrons. The Balaban J connectivity index is 1.65. The smallest absolute Gasteiger partial charge is 0.0961 e. The summed E-state index contributed by atoms with van der Waals surface area (Å²) in [5.41, 5.74) is 4.77. The molecule has 0 aromatic heterocycles. The van der Waals surface area contributed by atoms with E-state index < -0.39 is 0 Å². The number of rotatable bonds is 2. The van der Waals surface area contributed by atoms with E-state index in [0.717, 1.165) is 17.7 Å². The molecule has 23 heavy (non-hydrogen) atoms. The van der Waals surface area contributed by atoms with Crippen LogP contribution in [0.4, 0.5) is 0 Å². The Morgan fingerprint density at radius 3 is 2.22 bits per heavy atom. The van der Waals surface area contributed by atoms with Crippen LogP contribution in [-0.2, 0) is 0 Å². The lowest BCUT2D eigenvalue weighted by Crippen LogP contribution is -3.09. The first-order valence-corrected chi connectivity index (χ1v) is 8.15. The zero-order valence-corrected chi connectivity index (χ0v) is 13.5. The van der Waals surface area contributed by atoms with Crippen LogP contribution in [0.5, 0.6) is 0 Å². The van der Waals surface area contributed by atoms with E-state index in [2.05, 4.69) is 61.4 Å². The van der Waals surface area contributed by atoms with Gasteiger partial charge in [0.25, 0.3) is 0 Å². The Kier molecular flexibility index (Phi) is 5.09. The van der Waals surface area contributed by atoms with Gasteiger partial charge in [0.05, 0.1) is 20.1 Å². The van der Waals surface area contributed by atoms with Crippen molar-refractivity contribution in [1.29, 1.82) is 0 Å². The summed E-state index contributed by atoms with van der Waals surface area (Å²) < 4.78 is 0. The molecule has 1 unspecified atom stereocenters. The highest BCUT2D eigenvalue weighted by Gasteiger charge is 2.07. The minimum Gasteiger partial charge on any atom is -0.334 e. The van der Waals surface area contributed by atoms with Gasteiger partial charge in [0.1, 0.15) is 0 Å². The quantitative estimate of drug-likeness (QED) is 0.813. The van der Waals surface area contributed by atoms with Crippen LogP contribution in [0.15, 0.2) is 72.3 Å². The molecule has 2 aromatic rings. The maximum atomic E-state index is 3.21. The zero-order chi connectivity index (χ0) is 15.9. The van der Waals surface area contributed by atoms with Crippen molar-refractivity contribution in [2.75, 3.05) is 20.1 Å². The molecule has 0 bridgehead atoms. The predicted molar refractivity (Wildman–Crippen MR) is 97.2 cm³/mol. The first-order chi connectivity index (χ1) is 11.3. The summed E-state index contributed by atoms with van der Waals surface area (Å²) in [7, 11) is 2.24. The van der Waals surface area contributed by atoms with E-state index >= 15 is 0 Å². The van der Waals surface area contributed by atoms with Crippen molar-refractivity contribution in [3.8, 4) is 11.8 Å². The second-order valence-electron chi connectivity index (χ2n) is 6.01. The number of nitrogens with one attached hydrogen (secondary N) is 1. The maximum absolute atomic E-state index is 3.21. The summed E-state index contributed by atoms with van der Waals surface area (Å²) in [5, 5.41) is 0. The molecule has 1 atom stereocenters. The number of hydrogen-bond acceptors (Lipinski definition) is 0. The van der Waals surface area contributed by atoms with E-state index in [-0.39, 0.29) is 0 Å². The third kappa shape index (κ3) is 4.71. The summed E-state index contributed by atoms with van der Waals surface area (Å²) in [5.74, 6) is 6.40. The molecular weight excluding hydrogens is 278 g/mol. The number of benzene rings is 2. The second-order valence-corrected chi connectivity index (χ2v) is 6.01. The molecule has 1 heteroatoms. The van der Waals surface area contributed by atoms with Crippen molar-refractivity contribution in [3.05, 3.63) is 89.0 Å². The highest BCUT2D eigenvalue weighted by atomic mass is 15.1. The summed E-state index contributed by atoms with van der Waals surface area (Å²) in [6.45, 7) is 2.36. The fourth-order valence-corrected chi connectivity index (χ4v) is 2.57. The van der Waals surface area contributed by atoms with Crippen LogP contribution in [0.1, 0.15) is 23.1 Å². The van der Waals surface area contributed by atoms with Crippen LogP contribution < -0.4 is 4.90 Å². The normalized spacial score (nSPS) is 17.4. The van der Waals surface area contributed by atoms with Gasteiger partial charge in [-0.1, -0.05) is 54.3 Å². The Bertz CT molecular complexity index is 755. The van der Waals surface area contributed by atoms with Crippen molar-refractivity contribution in [2.24, 2.45) is 0 Å². The third-order valence-electron chi connectivity index (χ3n) is 4.08. The monoisotopic (exact) mass is 300 g/mol. The maximum Gasteiger partial charge on any atom is 0.0961 e. The highest BCUT2D eigenvalue weighted by Crippen LogP contribution is 2.10. The van der Waals surface area contributed by atoms with E-state index in [0.29, 0.717) is 0 Å². The van der Waals surface area contributed by atoms with Crippen LogP contribution in [0.2, 0.25) is 0 Å². The molecule has 2 aromatic carbocycles. The third-order valence-corrected chi connectivity index (χ3v) is 4.08. The van der Waals surface area contributed by atoms with E-state index in [1.54, 1.807) is 4.90 Å². The first kappa shape index (κ1) is 15.3. The largest absolute Gasteiger partial charge is 0.334 e. The van der Waals surface area contributed by atoms with Crippen LogP contribution in [0.25, 0.3) is 6.08 Å². The highest BCUT2D eigenvalue weighted by molar-refractivity contribution is 5.55. The van der Waals surface area contributed by atoms with Crippen LogP contribution in [0.3, 0.4) is 0 Å². The first-order valence-electron chi connectivity index (χ1n) is 8.15. The van der Waals surface area contributed by atoms with Gasteiger partial charge in [-0.3, -0.25) is 0 Å². The topological polar surface area (TPSA) is 4.44 Å². The standard InChI is InChI=1S/C22H21N/c1-23-17-15-22(16-18-23)14-13-21-11-9-20(10-12-21)8-7-19-5-3-2-4-6-19/h2-6,9-15H,16-18H2,1H3/p+1/b14-13+. The van der Waals surface area contributed by atoms with Crippen LogP contribution >= 0.6 is 0 Å². The Labute approximate surface area is 139 Å². The number of likely N-dealkylation sites (N-methyl/N-ethyl adjacent to an activating group) is 1. The minimum absolute atomic E-state index is 1.05. The van der Waals surface area contributed by atoms with Gasteiger partial charge in [0.2, 0.25) is 0 Å². The summed E-state index contributed by atoms with van der Waals surface area (Å²) in [6.07, 6.45) is 7.95. The van der Waals surface area contributed by atoms with Gasteiger partial charge in [-0.25, -0.2) is 0 Å². The average molecular weight is 300 g/mol. The summed E-state index contributed by atoms with van der Waals surface area (Å²) in [6, 6.07) is 18.5. The van der Waals surface area contributed by atoms with Gasteiger partial charge < -0.3 is 4.90 Å². The van der Waals surface area contributed by atoms with Crippen LogP contribution in [-0.4, -0.2) is 20.1 Å². The van der Waals surface area contributed by atoms with Gasteiger partial charge in [-0.15, -0.1) is 0 Å². The SMILES string of the molecule is C[NH+]1CC=C(/C=C/c2ccc(C#Cc3ccccc3)cc2)CC1. The molecule has 3 rings (SSSR count). The molecule has 0 saturated carbocycles. The molecule has 1 heterocycles. The lowest BCUT2D eigenvalue weighted by Gasteiger charge is -2.17. The minimum atomic E-state index is 1.05. The fourth-order valence-electron chi connectivity index (χ4n) is 2.57. The van der Waals surface area contributed by atoms with Gasteiger partial charge in [0, 0.05) is 17.5 Å². The number of quaternary nitrogens is 1. The zero-order valence-electron chi connectivity index (χ0n) is 13.5. The van der Waals surface area contributed by atoms with E-state index in [1.165, 1.54) is 24.1 Å². The second kappa shape index (κ2) is 7.63. The fraction of sp³-hybridized carbons (Fsp3) is 0.182. The predicted octanol–water partition coefficient (Wildman–Crippen LogP) is 2.94. The van der Waals surface area contributed by atoms with Gasteiger partial charge in [-0.05, 0) is 41.5 Å². The van der Waals surface area contributed by atoms with E-state index in [4.69, 9.17) is 0 Å².